The van der Waals surface area contributed by atoms with E-state index >= 15 is 0 Å². The highest BCUT2D eigenvalue weighted by Crippen LogP contribution is 2.13. The lowest BCUT2D eigenvalue weighted by atomic mass is 10.1. The van der Waals surface area contributed by atoms with Crippen molar-refractivity contribution < 1.29 is 9.53 Å². The van der Waals surface area contributed by atoms with Crippen LogP contribution in [0.4, 0.5) is 5.69 Å². The molecule has 0 aliphatic rings. The number of anilines is 1. The number of amides is 1. The maximum Gasteiger partial charge on any atom is 0.234 e. The molecule has 0 saturated heterocycles. The normalized spacial score (nSPS) is 11.6. The van der Waals surface area contributed by atoms with Crippen LogP contribution in [0.3, 0.4) is 0 Å². The number of aromatic nitrogens is 1. The fourth-order valence-corrected chi connectivity index (χ4v) is 1.59. The number of nitrogens with one attached hydrogen (secondary N) is 1. The molecule has 3 N–H and O–H groups in total. The van der Waals surface area contributed by atoms with Crippen molar-refractivity contribution in [3.8, 4) is 5.88 Å². The van der Waals surface area contributed by atoms with Gasteiger partial charge in [0.1, 0.15) is 0 Å². The van der Waals surface area contributed by atoms with Crippen LogP contribution >= 0.6 is 12.2 Å². The van der Waals surface area contributed by atoms with Crippen LogP contribution < -0.4 is 15.8 Å². The number of ether oxygens (including phenoxy) is 1. The standard InChI is InChI=1S/C11H15N3O2S/c1-3-8(10(12)17)11(15)14-7-4-5-9(16-2)13-6-7/h4-6,8H,3H2,1-2H3,(H2,12,17)(H,14,15). The van der Waals surface area contributed by atoms with E-state index in [9.17, 15) is 4.79 Å². The van der Waals surface area contributed by atoms with Crippen molar-refractivity contribution in [3.05, 3.63) is 18.3 Å². The first-order valence-electron chi connectivity index (χ1n) is 5.18. The van der Waals surface area contributed by atoms with Gasteiger partial charge in [0.15, 0.2) is 0 Å². The first-order valence-corrected chi connectivity index (χ1v) is 5.59. The highest BCUT2D eigenvalue weighted by atomic mass is 32.1. The molecular weight excluding hydrogens is 238 g/mol. The van der Waals surface area contributed by atoms with Crippen LogP contribution in [-0.2, 0) is 4.79 Å². The summed E-state index contributed by atoms with van der Waals surface area (Å²) in [7, 11) is 1.53. The molecule has 0 aliphatic carbocycles. The molecule has 1 unspecified atom stereocenters. The summed E-state index contributed by atoms with van der Waals surface area (Å²) in [5.41, 5.74) is 6.07. The first-order chi connectivity index (χ1) is 8.08. The second-order valence-electron chi connectivity index (χ2n) is 3.44. The summed E-state index contributed by atoms with van der Waals surface area (Å²) in [6, 6.07) is 3.37. The van der Waals surface area contributed by atoms with Crippen LogP contribution in [0.1, 0.15) is 13.3 Å². The Morgan fingerprint density at radius 3 is 2.76 bits per heavy atom. The molecule has 1 aromatic heterocycles. The third kappa shape index (κ3) is 3.67. The van der Waals surface area contributed by atoms with Gasteiger partial charge in [-0.25, -0.2) is 4.98 Å². The van der Waals surface area contributed by atoms with Crippen molar-refractivity contribution in [3.63, 3.8) is 0 Å². The largest absolute Gasteiger partial charge is 0.481 e. The van der Waals surface area contributed by atoms with Gasteiger partial charge < -0.3 is 15.8 Å². The van der Waals surface area contributed by atoms with Gasteiger partial charge in [-0.15, -0.1) is 0 Å². The molecule has 1 heterocycles. The van der Waals surface area contributed by atoms with Gasteiger partial charge in [-0.05, 0) is 12.5 Å². The number of thiocarbonyl (C=S) groups is 1. The van der Waals surface area contributed by atoms with Gasteiger partial charge in [-0.2, -0.15) is 0 Å². The number of carbonyl (C=O) groups excluding carboxylic acids is 1. The Morgan fingerprint density at radius 1 is 1.65 bits per heavy atom. The Morgan fingerprint density at radius 2 is 2.35 bits per heavy atom. The Hall–Kier alpha value is -1.69. The Kier molecular flexibility index (Phi) is 4.84. The molecule has 0 radical (unpaired) electrons. The third-order valence-corrected chi connectivity index (χ3v) is 2.57. The molecule has 5 nitrogen and oxygen atoms in total. The average molecular weight is 253 g/mol. The number of hydrogen-bond acceptors (Lipinski definition) is 4. The van der Waals surface area contributed by atoms with E-state index in [-0.39, 0.29) is 10.9 Å². The minimum absolute atomic E-state index is 0.200. The van der Waals surface area contributed by atoms with Crippen LogP contribution in [-0.4, -0.2) is 23.0 Å². The van der Waals surface area contributed by atoms with E-state index in [0.717, 1.165) is 0 Å². The van der Waals surface area contributed by atoms with E-state index in [1.165, 1.54) is 13.3 Å². The average Bonchev–Trinajstić information content (AvgIpc) is 2.30. The molecule has 0 spiro atoms. The van der Waals surface area contributed by atoms with Gasteiger partial charge >= 0.3 is 0 Å². The summed E-state index contributed by atoms with van der Waals surface area (Å²) >= 11 is 4.83. The van der Waals surface area contributed by atoms with Crippen molar-refractivity contribution in [2.75, 3.05) is 12.4 Å². The summed E-state index contributed by atoms with van der Waals surface area (Å²) in [5, 5.41) is 2.70. The van der Waals surface area contributed by atoms with Crippen LogP contribution in [0.2, 0.25) is 0 Å². The summed E-state index contributed by atoms with van der Waals surface area (Å²) in [5.74, 6) is -0.177. The number of nitrogens with two attached hydrogens (primary N) is 1. The fraction of sp³-hybridized carbons (Fsp3) is 0.364. The lowest BCUT2D eigenvalue weighted by molar-refractivity contribution is -0.118. The molecule has 0 bridgehead atoms. The van der Waals surface area contributed by atoms with E-state index in [2.05, 4.69) is 10.3 Å². The maximum absolute atomic E-state index is 11.8. The van der Waals surface area contributed by atoms with E-state index in [0.29, 0.717) is 18.0 Å². The van der Waals surface area contributed by atoms with E-state index in [4.69, 9.17) is 22.7 Å². The zero-order valence-corrected chi connectivity index (χ0v) is 10.6. The molecule has 17 heavy (non-hydrogen) atoms. The SMILES string of the molecule is CCC(C(=O)Nc1ccc(OC)nc1)C(N)=S. The topological polar surface area (TPSA) is 77.2 Å². The van der Waals surface area contributed by atoms with E-state index in [1.807, 2.05) is 6.92 Å². The van der Waals surface area contributed by atoms with E-state index < -0.39 is 5.92 Å². The number of nitrogens with zero attached hydrogens (tertiary/aromatic N) is 1. The summed E-state index contributed by atoms with van der Waals surface area (Å²) < 4.78 is 4.92. The Labute approximate surface area is 105 Å². The minimum atomic E-state index is -0.452. The number of rotatable bonds is 5. The molecule has 1 rings (SSSR count). The summed E-state index contributed by atoms with van der Waals surface area (Å²) in [4.78, 5) is 16.0. The predicted octanol–water partition coefficient (Wildman–Crippen LogP) is 1.34. The number of pyridine rings is 1. The molecule has 0 saturated carbocycles. The van der Waals surface area contributed by atoms with Crippen LogP contribution in [0.5, 0.6) is 5.88 Å². The lowest BCUT2D eigenvalue weighted by Gasteiger charge is -2.13. The van der Waals surface area contributed by atoms with Crippen LogP contribution in [0.15, 0.2) is 18.3 Å². The monoisotopic (exact) mass is 253 g/mol. The zero-order valence-electron chi connectivity index (χ0n) is 9.77. The van der Waals surface area contributed by atoms with Gasteiger partial charge in [0.25, 0.3) is 0 Å². The summed E-state index contributed by atoms with van der Waals surface area (Å²) in [6.45, 7) is 1.86. The van der Waals surface area contributed by atoms with Gasteiger partial charge in [0.05, 0.1) is 29.9 Å². The van der Waals surface area contributed by atoms with Crippen LogP contribution in [0.25, 0.3) is 0 Å². The molecule has 1 amide bonds. The molecule has 0 aliphatic heterocycles. The van der Waals surface area contributed by atoms with Crippen molar-refractivity contribution >= 4 is 28.8 Å². The van der Waals surface area contributed by atoms with Gasteiger partial charge in [-0.1, -0.05) is 19.1 Å². The van der Waals surface area contributed by atoms with Gasteiger partial charge in [0.2, 0.25) is 11.8 Å². The molecule has 0 aromatic carbocycles. The highest BCUT2D eigenvalue weighted by Gasteiger charge is 2.19. The van der Waals surface area contributed by atoms with Crippen LogP contribution in [0, 0.1) is 5.92 Å². The Balaban J connectivity index is 2.69. The van der Waals surface area contributed by atoms with Gasteiger partial charge in [0, 0.05) is 6.07 Å². The zero-order chi connectivity index (χ0) is 12.8. The quantitative estimate of drug-likeness (QED) is 0.774. The Bertz CT molecular complexity index is 406. The van der Waals surface area contributed by atoms with Crippen molar-refractivity contribution in [1.29, 1.82) is 0 Å². The first kappa shape index (κ1) is 13.4. The van der Waals surface area contributed by atoms with Crippen molar-refractivity contribution in [2.45, 2.75) is 13.3 Å². The van der Waals surface area contributed by atoms with Gasteiger partial charge in [-0.3, -0.25) is 4.79 Å². The second-order valence-corrected chi connectivity index (χ2v) is 3.91. The molecule has 0 fully saturated rings. The fourth-order valence-electron chi connectivity index (χ4n) is 1.32. The second kappa shape index (κ2) is 6.15. The van der Waals surface area contributed by atoms with Crippen molar-refractivity contribution in [2.24, 2.45) is 11.7 Å². The third-order valence-electron chi connectivity index (χ3n) is 2.28. The molecule has 1 aromatic rings. The molecular formula is C11H15N3O2S. The molecule has 6 heteroatoms. The number of hydrogen-bond donors (Lipinski definition) is 2. The van der Waals surface area contributed by atoms with E-state index in [1.54, 1.807) is 12.1 Å². The lowest BCUT2D eigenvalue weighted by Crippen LogP contribution is -2.32. The minimum Gasteiger partial charge on any atom is -0.481 e. The summed E-state index contributed by atoms with van der Waals surface area (Å²) in [6.07, 6.45) is 2.09. The molecule has 92 valence electrons. The predicted molar refractivity (Wildman–Crippen MR) is 70.0 cm³/mol. The maximum atomic E-state index is 11.8. The highest BCUT2D eigenvalue weighted by molar-refractivity contribution is 7.80. The number of methoxy groups -OCH3 is 1. The molecule has 1 atom stereocenters. The van der Waals surface area contributed by atoms with Crippen molar-refractivity contribution in [1.82, 2.24) is 4.98 Å². The smallest absolute Gasteiger partial charge is 0.234 e. The number of carbonyl (C=O) groups is 1.